The summed E-state index contributed by atoms with van der Waals surface area (Å²) in [7, 11) is 0. The number of alkyl halides is 3. The first kappa shape index (κ1) is 27.0. The molecule has 1 aromatic rings. The fourth-order valence-electron chi connectivity index (χ4n) is 3.86. The van der Waals surface area contributed by atoms with Crippen LogP contribution in [0.3, 0.4) is 0 Å². The molecule has 1 N–H and O–H groups in total. The van der Waals surface area contributed by atoms with Gasteiger partial charge in [-0.05, 0) is 45.1 Å². The van der Waals surface area contributed by atoms with Crippen molar-refractivity contribution in [1.82, 2.24) is 10.2 Å². The normalized spacial score (nSPS) is 20.6. The lowest BCUT2D eigenvalue weighted by molar-refractivity contribution is -0.274. The van der Waals surface area contributed by atoms with E-state index in [-0.39, 0.29) is 48.5 Å². The molecule has 1 unspecified atom stereocenters. The maximum Gasteiger partial charge on any atom is 0.573 e. The molecule has 2 aliphatic rings. The number of halogens is 4. The summed E-state index contributed by atoms with van der Waals surface area (Å²) in [6.45, 7) is 5.78. The summed E-state index contributed by atoms with van der Waals surface area (Å²) in [6, 6.07) is 6.11. The predicted octanol–water partition coefficient (Wildman–Crippen LogP) is 4.72. The van der Waals surface area contributed by atoms with Gasteiger partial charge in [0.1, 0.15) is 5.75 Å². The molecular formula is C22H33F3IN3O3. The number of nitrogens with one attached hydrogen (secondary N) is 1. The molecule has 0 aliphatic carbocycles. The van der Waals surface area contributed by atoms with Crippen molar-refractivity contribution in [1.29, 1.82) is 0 Å². The van der Waals surface area contributed by atoms with Crippen molar-refractivity contribution in [2.75, 3.05) is 32.8 Å². The van der Waals surface area contributed by atoms with Gasteiger partial charge in [-0.25, -0.2) is 4.99 Å². The Morgan fingerprint density at radius 1 is 1.19 bits per heavy atom. The fourth-order valence-corrected chi connectivity index (χ4v) is 3.86. The van der Waals surface area contributed by atoms with Crippen LogP contribution in [0.25, 0.3) is 0 Å². The molecule has 182 valence electrons. The minimum Gasteiger partial charge on any atom is -0.405 e. The maximum absolute atomic E-state index is 12.7. The standard InChI is InChI=1S/C22H32F3N3O3.HI/c1-2-26-21(27-15-17-7-3-4-9-20(17)31-22(23,24)25)28-12-10-18(11-13-28)30-16-19-8-5-6-14-29-19;/h3-4,7,9,18-19H,2,5-6,8,10-16H2,1H3,(H,26,27);1H. The minimum absolute atomic E-state index is 0. The highest BCUT2D eigenvalue weighted by Gasteiger charge is 2.32. The van der Waals surface area contributed by atoms with Gasteiger partial charge in [-0.2, -0.15) is 0 Å². The number of hydrogen-bond acceptors (Lipinski definition) is 4. The molecule has 2 fully saturated rings. The molecule has 0 radical (unpaired) electrons. The van der Waals surface area contributed by atoms with E-state index in [9.17, 15) is 13.2 Å². The topological polar surface area (TPSA) is 55.3 Å². The van der Waals surface area contributed by atoms with Gasteiger partial charge in [-0.3, -0.25) is 0 Å². The Labute approximate surface area is 204 Å². The molecular weight excluding hydrogens is 538 g/mol. The molecule has 2 saturated heterocycles. The number of guanidine groups is 1. The van der Waals surface area contributed by atoms with Crippen molar-refractivity contribution >= 4 is 29.9 Å². The average Bonchev–Trinajstić information content (AvgIpc) is 2.76. The zero-order valence-corrected chi connectivity index (χ0v) is 20.7. The number of benzene rings is 1. The van der Waals surface area contributed by atoms with Crippen LogP contribution in [0.15, 0.2) is 29.3 Å². The van der Waals surface area contributed by atoms with Crippen molar-refractivity contribution in [2.24, 2.45) is 4.99 Å². The number of para-hydroxylation sites is 1. The van der Waals surface area contributed by atoms with Crippen molar-refractivity contribution in [3.8, 4) is 5.75 Å². The molecule has 2 aliphatic heterocycles. The average molecular weight is 571 g/mol. The number of aliphatic imine (C=N–C) groups is 1. The summed E-state index contributed by atoms with van der Waals surface area (Å²) in [5.74, 6) is 0.477. The van der Waals surface area contributed by atoms with Crippen LogP contribution >= 0.6 is 24.0 Å². The highest BCUT2D eigenvalue weighted by molar-refractivity contribution is 14.0. The van der Waals surface area contributed by atoms with E-state index < -0.39 is 6.36 Å². The van der Waals surface area contributed by atoms with E-state index in [1.807, 2.05) is 6.92 Å². The number of likely N-dealkylation sites (tertiary alicyclic amines) is 1. The Hall–Kier alpha value is -1.27. The third-order valence-corrected chi connectivity index (χ3v) is 5.47. The zero-order chi connectivity index (χ0) is 22.1. The molecule has 0 aromatic heterocycles. The third kappa shape index (κ3) is 8.93. The summed E-state index contributed by atoms with van der Waals surface area (Å²) in [5.41, 5.74) is 0.390. The van der Waals surface area contributed by atoms with Gasteiger partial charge in [0.2, 0.25) is 0 Å². The van der Waals surface area contributed by atoms with E-state index in [2.05, 4.69) is 19.9 Å². The number of piperidine rings is 1. The molecule has 32 heavy (non-hydrogen) atoms. The Morgan fingerprint density at radius 2 is 1.94 bits per heavy atom. The summed E-state index contributed by atoms with van der Waals surface area (Å²) in [4.78, 5) is 6.70. The molecule has 10 heteroatoms. The zero-order valence-electron chi connectivity index (χ0n) is 18.4. The quantitative estimate of drug-likeness (QED) is 0.292. The van der Waals surface area contributed by atoms with Gasteiger partial charge >= 0.3 is 6.36 Å². The van der Waals surface area contributed by atoms with E-state index in [0.717, 1.165) is 45.4 Å². The second kappa shape index (κ2) is 13.4. The summed E-state index contributed by atoms with van der Waals surface area (Å²) >= 11 is 0. The van der Waals surface area contributed by atoms with Crippen molar-refractivity contribution in [2.45, 2.75) is 64.1 Å². The molecule has 1 atom stereocenters. The lowest BCUT2D eigenvalue weighted by atomic mass is 10.1. The molecule has 0 bridgehead atoms. The van der Waals surface area contributed by atoms with Crippen LogP contribution < -0.4 is 10.1 Å². The minimum atomic E-state index is -4.73. The van der Waals surface area contributed by atoms with Crippen LogP contribution in [0.1, 0.15) is 44.6 Å². The van der Waals surface area contributed by atoms with E-state index in [0.29, 0.717) is 24.7 Å². The van der Waals surface area contributed by atoms with Gasteiger partial charge in [0.05, 0.1) is 25.4 Å². The highest BCUT2D eigenvalue weighted by Crippen LogP contribution is 2.27. The first-order chi connectivity index (χ1) is 14.9. The van der Waals surface area contributed by atoms with Crippen molar-refractivity contribution in [3.63, 3.8) is 0 Å². The molecule has 3 rings (SSSR count). The van der Waals surface area contributed by atoms with Crippen LogP contribution in [0, 0.1) is 0 Å². The largest absolute Gasteiger partial charge is 0.573 e. The Balaban J connectivity index is 0.00000363. The second-order valence-electron chi connectivity index (χ2n) is 7.83. The summed E-state index contributed by atoms with van der Waals surface area (Å²) < 4.78 is 53.9. The highest BCUT2D eigenvalue weighted by atomic mass is 127. The number of rotatable bonds is 7. The lowest BCUT2D eigenvalue weighted by Gasteiger charge is -2.35. The number of nitrogens with zero attached hydrogens (tertiary/aromatic N) is 2. The van der Waals surface area contributed by atoms with Gasteiger partial charge in [-0.1, -0.05) is 18.2 Å². The smallest absolute Gasteiger partial charge is 0.405 e. The van der Waals surface area contributed by atoms with Crippen LogP contribution in [-0.4, -0.2) is 62.3 Å². The SMILES string of the molecule is CCNC(=NCc1ccccc1OC(F)(F)F)N1CCC(OCC2CCCCO2)CC1.I. The Kier molecular flexibility index (Phi) is 11.3. The third-order valence-electron chi connectivity index (χ3n) is 5.47. The molecule has 0 spiro atoms. The van der Waals surface area contributed by atoms with Crippen LogP contribution in [0.5, 0.6) is 5.75 Å². The van der Waals surface area contributed by atoms with E-state index in [4.69, 9.17) is 9.47 Å². The van der Waals surface area contributed by atoms with E-state index in [1.54, 1.807) is 12.1 Å². The van der Waals surface area contributed by atoms with Gasteiger partial charge < -0.3 is 24.4 Å². The summed E-state index contributed by atoms with van der Waals surface area (Å²) in [6.07, 6.45) is 0.843. The van der Waals surface area contributed by atoms with Crippen molar-refractivity contribution < 1.29 is 27.4 Å². The monoisotopic (exact) mass is 571 g/mol. The molecule has 0 saturated carbocycles. The Bertz CT molecular complexity index is 707. The summed E-state index contributed by atoms with van der Waals surface area (Å²) in [5, 5.41) is 3.24. The lowest BCUT2D eigenvalue weighted by Crippen LogP contribution is -2.47. The van der Waals surface area contributed by atoms with Crippen LogP contribution in [-0.2, 0) is 16.0 Å². The first-order valence-corrected chi connectivity index (χ1v) is 11.0. The molecule has 2 heterocycles. The van der Waals surface area contributed by atoms with Gasteiger partial charge in [0.15, 0.2) is 5.96 Å². The van der Waals surface area contributed by atoms with Crippen LogP contribution in [0.4, 0.5) is 13.2 Å². The van der Waals surface area contributed by atoms with Gasteiger partial charge in [-0.15, -0.1) is 37.1 Å². The number of hydrogen-bond donors (Lipinski definition) is 1. The fraction of sp³-hybridized carbons (Fsp3) is 0.682. The van der Waals surface area contributed by atoms with Gasteiger partial charge in [0.25, 0.3) is 0 Å². The second-order valence-corrected chi connectivity index (χ2v) is 7.83. The molecule has 0 amide bonds. The predicted molar refractivity (Wildman–Crippen MR) is 127 cm³/mol. The maximum atomic E-state index is 12.7. The van der Waals surface area contributed by atoms with Crippen LogP contribution in [0.2, 0.25) is 0 Å². The first-order valence-electron chi connectivity index (χ1n) is 11.0. The van der Waals surface area contributed by atoms with E-state index in [1.165, 1.54) is 18.6 Å². The Morgan fingerprint density at radius 3 is 2.59 bits per heavy atom. The number of ether oxygens (including phenoxy) is 3. The van der Waals surface area contributed by atoms with Crippen molar-refractivity contribution in [3.05, 3.63) is 29.8 Å². The van der Waals surface area contributed by atoms with E-state index >= 15 is 0 Å². The van der Waals surface area contributed by atoms with Gasteiger partial charge in [0, 0.05) is 31.8 Å². The molecule has 1 aromatic carbocycles. The molecule has 6 nitrogen and oxygen atoms in total.